The van der Waals surface area contributed by atoms with Gasteiger partial charge in [0, 0.05) is 5.88 Å². The van der Waals surface area contributed by atoms with Crippen LogP contribution in [0.2, 0.25) is 0 Å². The Balaban J connectivity index is 2.67. The van der Waals surface area contributed by atoms with Gasteiger partial charge in [0.2, 0.25) is 0 Å². The van der Waals surface area contributed by atoms with E-state index in [1.54, 1.807) is 7.11 Å². The molecule has 0 saturated carbocycles. The smallest absolute Gasteiger partial charge is 0.122 e. The number of halogens is 1. The molecule has 0 saturated heterocycles. The van der Waals surface area contributed by atoms with Crippen LogP contribution in [-0.4, -0.2) is 13.0 Å². The van der Waals surface area contributed by atoms with E-state index >= 15 is 0 Å². The summed E-state index contributed by atoms with van der Waals surface area (Å²) in [5, 5.41) is 0. The van der Waals surface area contributed by atoms with Gasteiger partial charge in [-0.3, -0.25) is 0 Å². The van der Waals surface area contributed by atoms with E-state index in [2.05, 4.69) is 26.0 Å². The monoisotopic (exact) mass is 268 g/mol. The van der Waals surface area contributed by atoms with E-state index in [9.17, 15) is 0 Å². The first-order valence-corrected chi connectivity index (χ1v) is 7.46. The third kappa shape index (κ3) is 4.53. The van der Waals surface area contributed by atoms with E-state index in [-0.39, 0.29) is 0 Å². The Morgan fingerprint density at radius 2 is 1.78 bits per heavy atom. The molecule has 0 bridgehead atoms. The molecule has 0 aliphatic rings. The van der Waals surface area contributed by atoms with Gasteiger partial charge in [-0.25, -0.2) is 0 Å². The molecule has 1 aromatic carbocycles. The van der Waals surface area contributed by atoms with Crippen LogP contribution in [0.25, 0.3) is 0 Å². The molecule has 0 aromatic heterocycles. The van der Waals surface area contributed by atoms with Crippen molar-refractivity contribution in [2.24, 2.45) is 11.8 Å². The molecule has 2 heteroatoms. The number of ether oxygens (including phenoxy) is 1. The first-order chi connectivity index (χ1) is 8.74. The summed E-state index contributed by atoms with van der Waals surface area (Å²) >= 11 is 6.13. The molecule has 1 atom stereocenters. The maximum absolute atomic E-state index is 6.13. The summed E-state index contributed by atoms with van der Waals surface area (Å²) < 4.78 is 5.41. The molecule has 18 heavy (non-hydrogen) atoms. The minimum absolute atomic E-state index is 0.549. The number of hydrogen-bond donors (Lipinski definition) is 0. The van der Waals surface area contributed by atoms with E-state index < -0.39 is 0 Å². The lowest BCUT2D eigenvalue weighted by Crippen LogP contribution is -2.13. The quantitative estimate of drug-likeness (QED) is 0.608. The molecule has 0 radical (unpaired) electrons. The highest BCUT2D eigenvalue weighted by molar-refractivity contribution is 6.18. The highest BCUT2D eigenvalue weighted by Crippen LogP contribution is 2.27. The summed E-state index contributed by atoms with van der Waals surface area (Å²) in [4.78, 5) is 0. The zero-order chi connectivity index (χ0) is 13.4. The second kappa shape index (κ2) is 8.42. The van der Waals surface area contributed by atoms with Crippen LogP contribution in [0.3, 0.4) is 0 Å². The second-order valence-electron chi connectivity index (χ2n) is 4.95. The molecule has 0 fully saturated rings. The summed E-state index contributed by atoms with van der Waals surface area (Å²) in [6.45, 7) is 4.53. The Bertz CT molecular complexity index is 334. The Labute approximate surface area is 116 Å². The van der Waals surface area contributed by atoms with E-state index in [1.165, 1.54) is 24.8 Å². The molecule has 0 spiro atoms. The van der Waals surface area contributed by atoms with E-state index in [4.69, 9.17) is 16.3 Å². The fraction of sp³-hybridized carbons (Fsp3) is 0.625. The average Bonchev–Trinajstić information content (AvgIpc) is 2.43. The van der Waals surface area contributed by atoms with Crippen LogP contribution in [0.5, 0.6) is 5.75 Å². The van der Waals surface area contributed by atoms with Gasteiger partial charge in [0.15, 0.2) is 0 Å². The molecule has 1 rings (SSSR count). The van der Waals surface area contributed by atoms with Gasteiger partial charge in [-0.15, -0.1) is 11.6 Å². The van der Waals surface area contributed by atoms with Gasteiger partial charge < -0.3 is 4.74 Å². The summed E-state index contributed by atoms with van der Waals surface area (Å²) in [5.74, 6) is 3.06. The molecule has 102 valence electrons. The molecule has 1 unspecified atom stereocenters. The average molecular weight is 269 g/mol. The van der Waals surface area contributed by atoms with Gasteiger partial charge in [0.25, 0.3) is 0 Å². The van der Waals surface area contributed by atoms with Crippen LogP contribution >= 0.6 is 11.6 Å². The molecule has 1 aromatic rings. The molecule has 1 nitrogen and oxygen atoms in total. The van der Waals surface area contributed by atoms with Crippen molar-refractivity contribution in [3.05, 3.63) is 29.8 Å². The molecule has 0 amide bonds. The van der Waals surface area contributed by atoms with Gasteiger partial charge in [0.1, 0.15) is 5.75 Å². The van der Waals surface area contributed by atoms with Crippen molar-refractivity contribution < 1.29 is 4.74 Å². The van der Waals surface area contributed by atoms with Crippen LogP contribution in [-0.2, 0) is 6.42 Å². The van der Waals surface area contributed by atoms with Crippen molar-refractivity contribution >= 4 is 11.6 Å². The lowest BCUT2D eigenvalue weighted by molar-refractivity contribution is 0.364. The topological polar surface area (TPSA) is 9.23 Å². The fourth-order valence-electron chi connectivity index (χ4n) is 2.48. The van der Waals surface area contributed by atoms with Gasteiger partial charge in [-0.05, 0) is 36.3 Å². The molecular formula is C16H25ClO. The highest BCUT2D eigenvalue weighted by atomic mass is 35.5. The summed E-state index contributed by atoms with van der Waals surface area (Å²) in [6, 6.07) is 8.25. The van der Waals surface area contributed by atoms with E-state index in [0.29, 0.717) is 5.92 Å². The zero-order valence-corrected chi connectivity index (χ0v) is 12.5. The summed E-state index contributed by atoms with van der Waals surface area (Å²) in [6.07, 6.45) is 4.73. The maximum Gasteiger partial charge on any atom is 0.122 e. The lowest BCUT2D eigenvalue weighted by atomic mass is 9.87. The lowest BCUT2D eigenvalue weighted by Gasteiger charge is -2.20. The van der Waals surface area contributed by atoms with Crippen molar-refractivity contribution in [2.75, 3.05) is 13.0 Å². The maximum atomic E-state index is 6.13. The van der Waals surface area contributed by atoms with Crippen molar-refractivity contribution in [3.63, 3.8) is 0 Å². The molecule has 0 N–H and O–H groups in total. The molecule has 0 heterocycles. The third-order valence-electron chi connectivity index (χ3n) is 3.74. The van der Waals surface area contributed by atoms with E-state index in [0.717, 1.165) is 24.0 Å². The SMILES string of the molecule is CCC(CC)CC(CCl)Cc1ccccc1OC. The number of methoxy groups -OCH3 is 1. The Kier molecular flexibility index (Phi) is 7.19. The van der Waals surface area contributed by atoms with Crippen molar-refractivity contribution in [2.45, 2.75) is 39.5 Å². The minimum Gasteiger partial charge on any atom is -0.496 e. The third-order valence-corrected chi connectivity index (χ3v) is 4.18. The fourth-order valence-corrected chi connectivity index (χ4v) is 2.71. The standard InChI is InChI=1S/C16H25ClO/c1-4-13(5-2)10-14(12-17)11-15-8-6-7-9-16(15)18-3/h6-9,13-14H,4-5,10-12H2,1-3H3. The van der Waals surface area contributed by atoms with Crippen LogP contribution in [0.1, 0.15) is 38.7 Å². The highest BCUT2D eigenvalue weighted by Gasteiger charge is 2.15. The largest absolute Gasteiger partial charge is 0.496 e. The van der Waals surface area contributed by atoms with Crippen molar-refractivity contribution in [1.82, 2.24) is 0 Å². The first-order valence-electron chi connectivity index (χ1n) is 6.92. The molecular weight excluding hydrogens is 244 g/mol. The number of rotatable bonds is 8. The number of hydrogen-bond acceptors (Lipinski definition) is 1. The predicted octanol–water partition coefficient (Wildman–Crippen LogP) is 4.92. The molecule has 0 aliphatic heterocycles. The second-order valence-corrected chi connectivity index (χ2v) is 5.26. The Morgan fingerprint density at radius 1 is 1.11 bits per heavy atom. The summed E-state index contributed by atoms with van der Waals surface area (Å²) in [5.41, 5.74) is 1.27. The number of alkyl halides is 1. The Hall–Kier alpha value is -0.690. The van der Waals surface area contributed by atoms with Gasteiger partial charge in [0.05, 0.1) is 7.11 Å². The van der Waals surface area contributed by atoms with Crippen LogP contribution in [0, 0.1) is 11.8 Å². The number of para-hydroxylation sites is 1. The molecule has 0 aliphatic carbocycles. The van der Waals surface area contributed by atoms with Gasteiger partial charge in [-0.2, -0.15) is 0 Å². The zero-order valence-electron chi connectivity index (χ0n) is 11.8. The van der Waals surface area contributed by atoms with Crippen LogP contribution in [0.15, 0.2) is 24.3 Å². The first kappa shape index (κ1) is 15.4. The van der Waals surface area contributed by atoms with E-state index in [1.807, 2.05) is 12.1 Å². The normalized spacial score (nSPS) is 12.7. The number of benzene rings is 1. The van der Waals surface area contributed by atoms with Gasteiger partial charge in [-0.1, -0.05) is 44.9 Å². The van der Waals surface area contributed by atoms with Crippen molar-refractivity contribution in [1.29, 1.82) is 0 Å². The Morgan fingerprint density at radius 3 is 2.33 bits per heavy atom. The van der Waals surface area contributed by atoms with Crippen LogP contribution in [0.4, 0.5) is 0 Å². The van der Waals surface area contributed by atoms with Crippen molar-refractivity contribution in [3.8, 4) is 5.75 Å². The van der Waals surface area contributed by atoms with Gasteiger partial charge >= 0.3 is 0 Å². The predicted molar refractivity (Wildman–Crippen MR) is 79.6 cm³/mol. The van der Waals surface area contributed by atoms with Crippen LogP contribution < -0.4 is 4.74 Å². The minimum atomic E-state index is 0.549. The summed E-state index contributed by atoms with van der Waals surface area (Å²) in [7, 11) is 1.73.